The van der Waals surface area contributed by atoms with E-state index < -0.39 is 0 Å². The summed E-state index contributed by atoms with van der Waals surface area (Å²) in [6, 6.07) is 13.8. The van der Waals surface area contributed by atoms with E-state index in [0.29, 0.717) is 20.0 Å². The first kappa shape index (κ1) is 12.8. The van der Waals surface area contributed by atoms with E-state index in [1.807, 2.05) is 42.5 Å². The fourth-order valence-corrected chi connectivity index (χ4v) is 2.10. The van der Waals surface area contributed by atoms with Gasteiger partial charge >= 0.3 is 0 Å². The molecular formula is C16H17NO3. The summed E-state index contributed by atoms with van der Waals surface area (Å²) >= 11 is 0. The van der Waals surface area contributed by atoms with Crippen molar-refractivity contribution in [3.05, 3.63) is 53.6 Å². The average Bonchev–Trinajstić information content (AvgIpc) is 2.93. The van der Waals surface area contributed by atoms with Crippen LogP contribution in [0.1, 0.15) is 11.1 Å². The van der Waals surface area contributed by atoms with Crippen LogP contribution in [0, 0.1) is 0 Å². The highest BCUT2D eigenvalue weighted by Crippen LogP contribution is 2.32. The number of hydrogen-bond donors (Lipinski definition) is 1. The van der Waals surface area contributed by atoms with Gasteiger partial charge in [0.25, 0.3) is 0 Å². The van der Waals surface area contributed by atoms with Crippen LogP contribution in [-0.4, -0.2) is 13.4 Å². The van der Waals surface area contributed by atoms with Crippen LogP contribution in [0.3, 0.4) is 0 Å². The van der Waals surface area contributed by atoms with Crippen molar-refractivity contribution in [1.29, 1.82) is 0 Å². The van der Waals surface area contributed by atoms with Crippen molar-refractivity contribution in [1.82, 2.24) is 0 Å². The number of anilines is 1. The van der Waals surface area contributed by atoms with Crippen LogP contribution in [0.25, 0.3) is 0 Å². The maximum absolute atomic E-state index is 5.69. The molecule has 0 amide bonds. The molecule has 4 nitrogen and oxygen atoms in total. The fourth-order valence-electron chi connectivity index (χ4n) is 2.10. The van der Waals surface area contributed by atoms with Crippen LogP contribution < -0.4 is 15.2 Å². The van der Waals surface area contributed by atoms with Crippen molar-refractivity contribution in [2.24, 2.45) is 0 Å². The molecule has 104 valence electrons. The Morgan fingerprint density at radius 2 is 1.70 bits per heavy atom. The van der Waals surface area contributed by atoms with Gasteiger partial charge in [-0.2, -0.15) is 0 Å². The molecule has 0 spiro atoms. The van der Waals surface area contributed by atoms with E-state index >= 15 is 0 Å². The lowest BCUT2D eigenvalue weighted by atomic mass is 10.1. The van der Waals surface area contributed by atoms with Crippen molar-refractivity contribution in [2.75, 3.05) is 19.1 Å². The number of rotatable bonds is 5. The highest BCUT2D eigenvalue weighted by molar-refractivity contribution is 5.44. The van der Waals surface area contributed by atoms with Crippen LogP contribution in [0.4, 0.5) is 5.69 Å². The SMILES string of the molecule is Nc1ccc(CCOCc2ccc3c(c2)OCO3)cc1. The predicted octanol–water partition coefficient (Wildman–Crippen LogP) is 2.76. The van der Waals surface area contributed by atoms with E-state index in [2.05, 4.69) is 0 Å². The van der Waals surface area contributed by atoms with Gasteiger partial charge in [-0.1, -0.05) is 18.2 Å². The Balaban J connectivity index is 1.47. The standard InChI is InChI=1S/C16H17NO3/c17-14-4-1-12(2-5-14)7-8-18-10-13-3-6-15-16(9-13)20-11-19-15/h1-6,9H,7-8,10-11,17H2. The summed E-state index contributed by atoms with van der Waals surface area (Å²) in [5.41, 5.74) is 8.75. The number of nitrogens with two attached hydrogens (primary N) is 1. The van der Waals surface area contributed by atoms with Gasteiger partial charge in [-0.05, 0) is 41.8 Å². The topological polar surface area (TPSA) is 53.7 Å². The van der Waals surface area contributed by atoms with Crippen LogP contribution >= 0.6 is 0 Å². The highest BCUT2D eigenvalue weighted by atomic mass is 16.7. The lowest BCUT2D eigenvalue weighted by Crippen LogP contribution is -1.99. The number of nitrogen functional groups attached to an aromatic ring is 1. The lowest BCUT2D eigenvalue weighted by Gasteiger charge is -2.06. The van der Waals surface area contributed by atoms with Gasteiger partial charge in [-0.3, -0.25) is 0 Å². The minimum atomic E-state index is 0.302. The molecule has 2 aromatic carbocycles. The van der Waals surface area contributed by atoms with Gasteiger partial charge in [0.2, 0.25) is 6.79 Å². The van der Waals surface area contributed by atoms with Crippen LogP contribution in [0.5, 0.6) is 11.5 Å². The second-order valence-corrected chi connectivity index (χ2v) is 4.73. The van der Waals surface area contributed by atoms with Gasteiger partial charge in [-0.15, -0.1) is 0 Å². The van der Waals surface area contributed by atoms with Gasteiger partial charge < -0.3 is 19.9 Å². The van der Waals surface area contributed by atoms with Crippen LogP contribution in [-0.2, 0) is 17.8 Å². The largest absolute Gasteiger partial charge is 0.454 e. The number of ether oxygens (including phenoxy) is 3. The minimum absolute atomic E-state index is 0.302. The third-order valence-corrected chi connectivity index (χ3v) is 3.22. The van der Waals surface area contributed by atoms with Crippen LogP contribution in [0.15, 0.2) is 42.5 Å². The summed E-state index contributed by atoms with van der Waals surface area (Å²) < 4.78 is 16.3. The highest BCUT2D eigenvalue weighted by Gasteiger charge is 2.12. The molecule has 0 aromatic heterocycles. The molecule has 1 aliphatic rings. The third-order valence-electron chi connectivity index (χ3n) is 3.22. The van der Waals surface area contributed by atoms with Crippen molar-refractivity contribution >= 4 is 5.69 Å². The van der Waals surface area contributed by atoms with E-state index in [0.717, 1.165) is 29.2 Å². The Bertz CT molecular complexity index is 581. The molecule has 0 saturated heterocycles. The first-order valence-electron chi connectivity index (χ1n) is 6.62. The molecule has 0 fully saturated rings. The Labute approximate surface area is 118 Å². The van der Waals surface area contributed by atoms with Crippen molar-refractivity contribution in [3.8, 4) is 11.5 Å². The Hall–Kier alpha value is -2.20. The van der Waals surface area contributed by atoms with E-state index in [9.17, 15) is 0 Å². The van der Waals surface area contributed by atoms with E-state index in [1.165, 1.54) is 5.56 Å². The number of hydrogen-bond acceptors (Lipinski definition) is 4. The molecule has 2 N–H and O–H groups in total. The monoisotopic (exact) mass is 271 g/mol. The van der Waals surface area contributed by atoms with Crippen molar-refractivity contribution in [3.63, 3.8) is 0 Å². The Kier molecular flexibility index (Phi) is 3.74. The summed E-state index contributed by atoms with van der Waals surface area (Å²) in [7, 11) is 0. The molecule has 2 aromatic rings. The maximum atomic E-state index is 5.69. The summed E-state index contributed by atoms with van der Waals surface area (Å²) in [6.45, 7) is 1.56. The van der Waals surface area contributed by atoms with Crippen molar-refractivity contribution in [2.45, 2.75) is 13.0 Å². The summed E-state index contributed by atoms with van der Waals surface area (Å²) in [5.74, 6) is 1.60. The smallest absolute Gasteiger partial charge is 0.231 e. The molecular weight excluding hydrogens is 254 g/mol. The molecule has 1 aliphatic heterocycles. The molecule has 0 bridgehead atoms. The zero-order valence-electron chi connectivity index (χ0n) is 11.2. The first-order valence-corrected chi connectivity index (χ1v) is 6.62. The van der Waals surface area contributed by atoms with Gasteiger partial charge in [-0.25, -0.2) is 0 Å². The van der Waals surface area contributed by atoms with E-state index in [-0.39, 0.29) is 0 Å². The molecule has 0 atom stereocenters. The molecule has 1 heterocycles. The van der Waals surface area contributed by atoms with Gasteiger partial charge in [0, 0.05) is 5.69 Å². The molecule has 3 rings (SSSR count). The van der Waals surface area contributed by atoms with E-state index in [4.69, 9.17) is 19.9 Å². The van der Waals surface area contributed by atoms with Crippen LogP contribution in [0.2, 0.25) is 0 Å². The molecule has 0 radical (unpaired) electrons. The molecule has 4 heteroatoms. The molecule has 20 heavy (non-hydrogen) atoms. The quantitative estimate of drug-likeness (QED) is 0.671. The first-order chi connectivity index (χ1) is 9.81. The Morgan fingerprint density at radius 1 is 0.950 bits per heavy atom. The van der Waals surface area contributed by atoms with Gasteiger partial charge in [0.1, 0.15) is 0 Å². The summed E-state index contributed by atoms with van der Waals surface area (Å²) in [5, 5.41) is 0. The number of benzene rings is 2. The summed E-state index contributed by atoms with van der Waals surface area (Å²) in [4.78, 5) is 0. The Morgan fingerprint density at radius 3 is 2.55 bits per heavy atom. The molecule has 0 unspecified atom stereocenters. The maximum Gasteiger partial charge on any atom is 0.231 e. The van der Waals surface area contributed by atoms with Gasteiger partial charge in [0.05, 0.1) is 13.2 Å². The van der Waals surface area contributed by atoms with Gasteiger partial charge in [0.15, 0.2) is 11.5 Å². The second-order valence-electron chi connectivity index (χ2n) is 4.73. The average molecular weight is 271 g/mol. The fraction of sp³-hybridized carbons (Fsp3) is 0.250. The normalized spacial score (nSPS) is 12.6. The zero-order chi connectivity index (χ0) is 13.8. The number of fused-ring (bicyclic) bond motifs is 1. The summed E-state index contributed by atoms with van der Waals surface area (Å²) in [6.07, 6.45) is 0.880. The zero-order valence-corrected chi connectivity index (χ0v) is 11.2. The predicted molar refractivity (Wildman–Crippen MR) is 76.8 cm³/mol. The van der Waals surface area contributed by atoms with Crippen molar-refractivity contribution < 1.29 is 14.2 Å². The molecule has 0 saturated carbocycles. The molecule has 0 aliphatic carbocycles. The lowest BCUT2D eigenvalue weighted by molar-refractivity contribution is 0.123. The van der Waals surface area contributed by atoms with E-state index in [1.54, 1.807) is 0 Å². The third kappa shape index (κ3) is 3.03. The second kappa shape index (κ2) is 5.84. The minimum Gasteiger partial charge on any atom is -0.454 e.